The summed E-state index contributed by atoms with van der Waals surface area (Å²) in [5, 5.41) is 2.75. The van der Waals surface area contributed by atoms with Crippen molar-refractivity contribution in [2.24, 2.45) is 0 Å². The van der Waals surface area contributed by atoms with Crippen molar-refractivity contribution in [1.82, 2.24) is 9.97 Å². The molecule has 0 spiro atoms. The number of aromatic nitrogens is 2. The van der Waals surface area contributed by atoms with Crippen molar-refractivity contribution in [2.45, 2.75) is 13.0 Å². The molecule has 0 radical (unpaired) electrons. The summed E-state index contributed by atoms with van der Waals surface area (Å²) in [6.07, 6.45) is 8.15. The molecule has 3 rings (SSSR count). The second-order valence-electron chi connectivity index (χ2n) is 7.20. The highest BCUT2D eigenvalue weighted by molar-refractivity contribution is 6.04. The number of nitrogens with one attached hydrogen (secondary N) is 1. The zero-order chi connectivity index (χ0) is 23.6. The molecule has 2 aromatic carbocycles. The van der Waals surface area contributed by atoms with Crippen LogP contribution in [-0.4, -0.2) is 49.9 Å². The van der Waals surface area contributed by atoms with Crippen molar-refractivity contribution < 1.29 is 23.7 Å². The third kappa shape index (κ3) is 7.05. The molecule has 8 heteroatoms. The maximum absolute atomic E-state index is 12.9. The number of hydrogen-bond acceptors (Lipinski definition) is 7. The predicted octanol–water partition coefficient (Wildman–Crippen LogP) is 4.33. The molecule has 0 saturated heterocycles. The van der Waals surface area contributed by atoms with Gasteiger partial charge < -0.3 is 24.3 Å². The van der Waals surface area contributed by atoms with E-state index in [1.54, 1.807) is 39.5 Å². The number of nitrogens with zero attached hydrogens (tertiary/aromatic N) is 2. The number of carbonyl (C=O) groups is 1. The van der Waals surface area contributed by atoms with Crippen molar-refractivity contribution in [1.29, 1.82) is 0 Å². The Bertz CT molecular complexity index is 1080. The highest BCUT2D eigenvalue weighted by Gasteiger charge is 2.12. The fourth-order valence-corrected chi connectivity index (χ4v) is 3.09. The number of amides is 1. The third-order valence-corrected chi connectivity index (χ3v) is 4.58. The second kappa shape index (κ2) is 11.6. The van der Waals surface area contributed by atoms with Crippen molar-refractivity contribution >= 4 is 23.9 Å². The molecular formula is C25H27N3O5. The molecule has 1 N–H and O–H groups in total. The molecule has 1 atom stereocenters. The topological polar surface area (TPSA) is 91.8 Å². The van der Waals surface area contributed by atoms with Crippen LogP contribution in [-0.2, 0) is 4.74 Å². The lowest BCUT2D eigenvalue weighted by molar-refractivity contribution is 0.0917. The molecule has 0 aliphatic carbocycles. The minimum absolute atomic E-state index is 0.187. The van der Waals surface area contributed by atoms with Gasteiger partial charge in [0.1, 0.15) is 23.4 Å². The summed E-state index contributed by atoms with van der Waals surface area (Å²) in [6.45, 7) is 2.32. The molecule has 172 valence electrons. The average molecular weight is 450 g/mol. The second-order valence-corrected chi connectivity index (χ2v) is 7.20. The maximum atomic E-state index is 12.9. The van der Waals surface area contributed by atoms with Gasteiger partial charge in [-0.15, -0.1) is 0 Å². The van der Waals surface area contributed by atoms with Crippen LogP contribution in [0.3, 0.4) is 0 Å². The summed E-state index contributed by atoms with van der Waals surface area (Å²) in [7, 11) is 4.82. The first-order valence-corrected chi connectivity index (χ1v) is 10.3. The van der Waals surface area contributed by atoms with Gasteiger partial charge in [-0.2, -0.15) is 0 Å². The van der Waals surface area contributed by atoms with Crippen LogP contribution in [0.1, 0.15) is 28.4 Å². The van der Waals surface area contributed by atoms with Crippen LogP contribution in [0.2, 0.25) is 0 Å². The minimum atomic E-state index is -0.321. The van der Waals surface area contributed by atoms with E-state index in [4.69, 9.17) is 18.9 Å². The van der Waals surface area contributed by atoms with Crippen LogP contribution >= 0.6 is 0 Å². The Morgan fingerprint density at radius 3 is 2.21 bits per heavy atom. The molecule has 8 nitrogen and oxygen atoms in total. The Kier molecular flexibility index (Phi) is 8.37. The standard InChI is InChI=1S/C25H27N3O5/c1-17(16-30-2)33-23-12-18(5-6-19-10-21(31-3)14-22(11-19)32-4)9-20(13-23)25(29)28-24-15-26-7-8-27-24/h5-15,17H,16H2,1-4H3,(H,27,28,29)/b6-5+/t17-/m0/s1. The summed E-state index contributed by atoms with van der Waals surface area (Å²) in [4.78, 5) is 20.9. The number of benzene rings is 2. The van der Waals surface area contributed by atoms with E-state index in [1.807, 2.05) is 37.3 Å². The van der Waals surface area contributed by atoms with Gasteiger partial charge in [0.2, 0.25) is 0 Å². The van der Waals surface area contributed by atoms with Crippen LogP contribution in [0.4, 0.5) is 5.82 Å². The van der Waals surface area contributed by atoms with Gasteiger partial charge in [0.05, 0.1) is 27.0 Å². The largest absolute Gasteiger partial charge is 0.497 e. The van der Waals surface area contributed by atoms with E-state index in [2.05, 4.69) is 15.3 Å². The number of methoxy groups -OCH3 is 3. The summed E-state index contributed by atoms with van der Waals surface area (Å²) in [5.74, 6) is 1.96. The van der Waals surface area contributed by atoms with Gasteiger partial charge in [0.25, 0.3) is 5.91 Å². The number of rotatable bonds is 10. The first kappa shape index (κ1) is 23.7. The average Bonchev–Trinajstić information content (AvgIpc) is 2.83. The molecule has 0 fully saturated rings. The zero-order valence-electron chi connectivity index (χ0n) is 19.1. The molecular weight excluding hydrogens is 422 g/mol. The number of ether oxygens (including phenoxy) is 4. The monoisotopic (exact) mass is 449 g/mol. The molecule has 1 aromatic heterocycles. The highest BCUT2D eigenvalue weighted by atomic mass is 16.5. The molecule has 0 unspecified atom stereocenters. The Morgan fingerprint density at radius 2 is 1.61 bits per heavy atom. The first-order chi connectivity index (χ1) is 16.0. The Labute approximate surface area is 193 Å². The van der Waals surface area contributed by atoms with Gasteiger partial charge >= 0.3 is 0 Å². The van der Waals surface area contributed by atoms with E-state index < -0.39 is 0 Å². The molecule has 1 amide bonds. The number of anilines is 1. The lowest BCUT2D eigenvalue weighted by atomic mass is 10.1. The van der Waals surface area contributed by atoms with E-state index >= 15 is 0 Å². The SMILES string of the molecule is COC[C@H](C)Oc1cc(/C=C/c2cc(OC)cc(OC)c2)cc(C(=O)Nc2cnccn2)c1. The van der Waals surface area contributed by atoms with Gasteiger partial charge in [-0.25, -0.2) is 4.98 Å². The Morgan fingerprint density at radius 1 is 0.939 bits per heavy atom. The molecule has 0 aliphatic rings. The fraction of sp³-hybridized carbons (Fsp3) is 0.240. The van der Waals surface area contributed by atoms with Gasteiger partial charge in [-0.05, 0) is 48.4 Å². The van der Waals surface area contributed by atoms with Gasteiger partial charge in [-0.3, -0.25) is 9.78 Å². The van der Waals surface area contributed by atoms with Crippen molar-refractivity contribution in [3.05, 3.63) is 71.7 Å². The normalized spacial score (nSPS) is 11.8. The Hall–Kier alpha value is -3.91. The number of carbonyl (C=O) groups excluding carboxylic acids is 1. The van der Waals surface area contributed by atoms with Crippen LogP contribution in [0.15, 0.2) is 55.0 Å². The predicted molar refractivity (Wildman–Crippen MR) is 127 cm³/mol. The first-order valence-electron chi connectivity index (χ1n) is 10.3. The van der Waals surface area contributed by atoms with E-state index in [0.717, 1.165) is 11.1 Å². The van der Waals surface area contributed by atoms with Gasteiger partial charge in [-0.1, -0.05) is 12.2 Å². The molecule has 33 heavy (non-hydrogen) atoms. The van der Waals surface area contributed by atoms with E-state index in [0.29, 0.717) is 35.2 Å². The highest BCUT2D eigenvalue weighted by Crippen LogP contribution is 2.25. The summed E-state index contributed by atoms with van der Waals surface area (Å²) < 4.78 is 21.8. The molecule has 0 saturated carbocycles. The molecule has 1 heterocycles. The zero-order valence-corrected chi connectivity index (χ0v) is 19.1. The van der Waals surface area contributed by atoms with E-state index in [1.165, 1.54) is 18.6 Å². The molecule has 0 bridgehead atoms. The van der Waals surface area contributed by atoms with Crippen molar-refractivity contribution in [3.63, 3.8) is 0 Å². The number of hydrogen-bond donors (Lipinski definition) is 1. The summed E-state index contributed by atoms with van der Waals surface area (Å²) in [6, 6.07) is 10.9. The summed E-state index contributed by atoms with van der Waals surface area (Å²) >= 11 is 0. The van der Waals surface area contributed by atoms with E-state index in [9.17, 15) is 4.79 Å². The van der Waals surface area contributed by atoms with E-state index in [-0.39, 0.29) is 12.0 Å². The smallest absolute Gasteiger partial charge is 0.257 e. The van der Waals surface area contributed by atoms with Crippen LogP contribution in [0, 0.1) is 0 Å². The van der Waals surface area contributed by atoms with Crippen molar-refractivity contribution in [3.8, 4) is 17.2 Å². The minimum Gasteiger partial charge on any atom is -0.497 e. The lowest BCUT2D eigenvalue weighted by Gasteiger charge is -2.15. The molecule has 3 aromatic rings. The Balaban J connectivity index is 1.91. The lowest BCUT2D eigenvalue weighted by Crippen LogP contribution is -2.19. The van der Waals surface area contributed by atoms with Gasteiger partial charge in [0.15, 0.2) is 5.82 Å². The van der Waals surface area contributed by atoms with Crippen LogP contribution < -0.4 is 19.5 Å². The quantitative estimate of drug-likeness (QED) is 0.461. The van der Waals surface area contributed by atoms with Crippen LogP contribution in [0.5, 0.6) is 17.2 Å². The van der Waals surface area contributed by atoms with Crippen LogP contribution in [0.25, 0.3) is 12.2 Å². The summed E-state index contributed by atoms with van der Waals surface area (Å²) in [5.41, 5.74) is 2.09. The molecule has 0 aliphatic heterocycles. The maximum Gasteiger partial charge on any atom is 0.257 e. The van der Waals surface area contributed by atoms with Crippen molar-refractivity contribution in [2.75, 3.05) is 33.3 Å². The fourth-order valence-electron chi connectivity index (χ4n) is 3.09. The van der Waals surface area contributed by atoms with Gasteiger partial charge in [0, 0.05) is 31.1 Å². The third-order valence-electron chi connectivity index (χ3n) is 4.58.